The molecule has 0 unspecified atom stereocenters. The highest BCUT2D eigenvalue weighted by Crippen LogP contribution is 2.14. The monoisotopic (exact) mass is 288 g/mol. The van der Waals surface area contributed by atoms with Crippen molar-refractivity contribution in [2.45, 2.75) is 19.3 Å². The molecule has 2 rings (SSSR count). The minimum absolute atomic E-state index is 0.00394. The maximum Gasteiger partial charge on any atom is 0.282 e. The summed E-state index contributed by atoms with van der Waals surface area (Å²) in [6, 6.07) is 0. The smallest absolute Gasteiger partial charge is 0.282 e. The lowest BCUT2D eigenvalue weighted by atomic mass is 10.1. The predicted octanol–water partition coefficient (Wildman–Crippen LogP) is 0.934. The van der Waals surface area contributed by atoms with Gasteiger partial charge in [0, 0.05) is 13.1 Å². The number of nitrogens with zero attached hydrogens (tertiary/aromatic N) is 3. The number of carbonyl (C=O) groups excluding carboxylic acids is 2. The Hall–Kier alpha value is -1.21. The summed E-state index contributed by atoms with van der Waals surface area (Å²) in [6.45, 7) is 1.55. The molecule has 6 nitrogen and oxygen atoms in total. The van der Waals surface area contributed by atoms with E-state index in [-0.39, 0.29) is 21.9 Å². The fraction of sp³-hybridized carbons (Fsp3) is 0.600. The first-order valence-electron chi connectivity index (χ1n) is 5.72. The summed E-state index contributed by atoms with van der Waals surface area (Å²) in [4.78, 5) is 25.2. The Morgan fingerprint density at radius 2 is 2.00 bits per heavy atom. The minimum Gasteiger partial charge on any atom is -0.341 e. The van der Waals surface area contributed by atoms with Crippen molar-refractivity contribution in [3.05, 3.63) is 9.47 Å². The Bertz CT molecular complexity index is 445. The second-order valence-corrected chi connectivity index (χ2v) is 5.54. The Kier molecular flexibility index (Phi) is 4.48. The Morgan fingerprint density at radius 3 is 2.61 bits per heavy atom. The van der Waals surface area contributed by atoms with Gasteiger partial charge in [-0.2, -0.15) is 0 Å². The van der Waals surface area contributed by atoms with Crippen LogP contribution in [0.1, 0.15) is 29.1 Å². The number of halogens is 1. The molecule has 1 aromatic heterocycles. The molecule has 1 fully saturated rings. The average molecular weight is 289 g/mol. The van der Waals surface area contributed by atoms with Gasteiger partial charge >= 0.3 is 0 Å². The van der Waals surface area contributed by atoms with Crippen molar-refractivity contribution in [2.24, 2.45) is 0 Å². The molecule has 2 heterocycles. The summed E-state index contributed by atoms with van der Waals surface area (Å²) in [5, 5.41) is 9.84. The highest BCUT2D eigenvalue weighted by molar-refractivity contribution is 7.17. The molecule has 1 aliphatic heterocycles. The number of amides is 2. The van der Waals surface area contributed by atoms with Gasteiger partial charge < -0.3 is 10.2 Å². The molecule has 18 heavy (non-hydrogen) atoms. The Balaban J connectivity index is 1.80. The summed E-state index contributed by atoms with van der Waals surface area (Å²) in [6.07, 6.45) is 3.23. The van der Waals surface area contributed by atoms with Crippen LogP contribution in [0.15, 0.2) is 0 Å². The molecule has 0 aliphatic carbocycles. The number of hydrogen-bond acceptors (Lipinski definition) is 5. The van der Waals surface area contributed by atoms with Gasteiger partial charge in [0.05, 0.1) is 6.54 Å². The van der Waals surface area contributed by atoms with Gasteiger partial charge in [-0.15, -0.1) is 10.2 Å². The molecule has 0 saturated carbocycles. The van der Waals surface area contributed by atoms with Crippen LogP contribution in [-0.2, 0) is 4.79 Å². The summed E-state index contributed by atoms with van der Waals surface area (Å²) in [7, 11) is 0. The van der Waals surface area contributed by atoms with Crippen LogP contribution in [0.5, 0.6) is 0 Å². The van der Waals surface area contributed by atoms with Crippen LogP contribution in [0.2, 0.25) is 4.47 Å². The first kappa shape index (κ1) is 13.2. The van der Waals surface area contributed by atoms with Crippen LogP contribution in [0.25, 0.3) is 0 Å². The van der Waals surface area contributed by atoms with Gasteiger partial charge in [0.15, 0.2) is 0 Å². The third-order valence-electron chi connectivity index (χ3n) is 2.70. The van der Waals surface area contributed by atoms with Crippen molar-refractivity contribution in [3.8, 4) is 0 Å². The van der Waals surface area contributed by atoms with Gasteiger partial charge in [-0.05, 0) is 30.9 Å². The van der Waals surface area contributed by atoms with Gasteiger partial charge in [0.25, 0.3) is 5.91 Å². The molecule has 0 aromatic carbocycles. The zero-order valence-corrected chi connectivity index (χ0v) is 11.3. The molecule has 8 heteroatoms. The van der Waals surface area contributed by atoms with Crippen molar-refractivity contribution >= 4 is 34.8 Å². The Morgan fingerprint density at radius 1 is 1.28 bits per heavy atom. The average Bonchev–Trinajstić information content (AvgIpc) is 2.83. The van der Waals surface area contributed by atoms with E-state index >= 15 is 0 Å². The van der Waals surface area contributed by atoms with Gasteiger partial charge in [0.1, 0.15) is 0 Å². The van der Waals surface area contributed by atoms with Gasteiger partial charge in [0.2, 0.25) is 15.4 Å². The fourth-order valence-corrected chi connectivity index (χ4v) is 2.53. The molecule has 1 N–H and O–H groups in total. The molecule has 98 valence electrons. The molecule has 1 saturated heterocycles. The first-order chi connectivity index (χ1) is 8.66. The van der Waals surface area contributed by atoms with Crippen molar-refractivity contribution in [2.75, 3.05) is 19.6 Å². The number of rotatable bonds is 3. The second kappa shape index (κ2) is 6.10. The molecular weight excluding hydrogens is 276 g/mol. The maximum atomic E-state index is 11.8. The van der Waals surface area contributed by atoms with E-state index in [1.807, 2.05) is 0 Å². The highest BCUT2D eigenvalue weighted by atomic mass is 35.5. The van der Waals surface area contributed by atoms with E-state index < -0.39 is 5.91 Å². The third-order valence-corrected chi connectivity index (χ3v) is 3.72. The van der Waals surface area contributed by atoms with E-state index in [1.165, 1.54) is 6.42 Å². The number of aromatic nitrogens is 2. The topological polar surface area (TPSA) is 75.2 Å². The van der Waals surface area contributed by atoms with E-state index in [0.29, 0.717) is 0 Å². The molecule has 0 bridgehead atoms. The van der Waals surface area contributed by atoms with Crippen molar-refractivity contribution in [1.29, 1.82) is 0 Å². The standard InChI is InChI=1S/C10H13ClN4O2S/c11-10-14-13-9(18-10)8(17)12-6-7(16)15-4-2-1-3-5-15/h1-6H2,(H,12,17). The van der Waals surface area contributed by atoms with Crippen LogP contribution in [0.3, 0.4) is 0 Å². The summed E-state index contributed by atoms with van der Waals surface area (Å²) in [5.41, 5.74) is 0. The van der Waals surface area contributed by atoms with Crippen LogP contribution in [-0.4, -0.2) is 46.5 Å². The molecule has 1 aliphatic rings. The zero-order chi connectivity index (χ0) is 13.0. The molecule has 2 amide bonds. The summed E-state index contributed by atoms with van der Waals surface area (Å²) < 4.78 is 0.211. The summed E-state index contributed by atoms with van der Waals surface area (Å²) >= 11 is 6.57. The van der Waals surface area contributed by atoms with Gasteiger partial charge in [-0.3, -0.25) is 9.59 Å². The lowest BCUT2D eigenvalue weighted by molar-refractivity contribution is -0.130. The maximum absolute atomic E-state index is 11.8. The number of carbonyl (C=O) groups is 2. The second-order valence-electron chi connectivity index (χ2n) is 3.98. The number of piperidine rings is 1. The molecular formula is C10H13ClN4O2S. The lowest BCUT2D eigenvalue weighted by Gasteiger charge is -2.26. The van der Waals surface area contributed by atoms with E-state index in [9.17, 15) is 9.59 Å². The predicted molar refractivity (Wildman–Crippen MR) is 67.7 cm³/mol. The van der Waals surface area contributed by atoms with E-state index in [2.05, 4.69) is 15.5 Å². The van der Waals surface area contributed by atoms with Crippen LogP contribution in [0, 0.1) is 0 Å². The van der Waals surface area contributed by atoms with E-state index in [4.69, 9.17) is 11.6 Å². The van der Waals surface area contributed by atoms with E-state index in [0.717, 1.165) is 37.3 Å². The molecule has 0 radical (unpaired) electrons. The fourth-order valence-electron chi connectivity index (χ4n) is 1.78. The third kappa shape index (κ3) is 3.39. The van der Waals surface area contributed by atoms with Crippen LogP contribution < -0.4 is 5.32 Å². The zero-order valence-electron chi connectivity index (χ0n) is 9.69. The van der Waals surface area contributed by atoms with Crippen molar-refractivity contribution in [1.82, 2.24) is 20.4 Å². The lowest BCUT2D eigenvalue weighted by Crippen LogP contribution is -2.42. The van der Waals surface area contributed by atoms with Gasteiger partial charge in [-0.1, -0.05) is 11.3 Å². The number of hydrogen-bond donors (Lipinski definition) is 1. The first-order valence-corrected chi connectivity index (χ1v) is 6.91. The highest BCUT2D eigenvalue weighted by Gasteiger charge is 2.18. The van der Waals surface area contributed by atoms with Crippen LogP contribution in [0.4, 0.5) is 0 Å². The normalized spacial score (nSPS) is 15.5. The van der Waals surface area contributed by atoms with Crippen LogP contribution >= 0.6 is 22.9 Å². The summed E-state index contributed by atoms with van der Waals surface area (Å²) in [5.74, 6) is -0.469. The number of nitrogens with one attached hydrogen (secondary N) is 1. The number of likely N-dealkylation sites (tertiary alicyclic amines) is 1. The largest absolute Gasteiger partial charge is 0.341 e. The quantitative estimate of drug-likeness (QED) is 0.898. The Labute approximate surface area is 113 Å². The van der Waals surface area contributed by atoms with Gasteiger partial charge in [-0.25, -0.2) is 0 Å². The van der Waals surface area contributed by atoms with Crippen molar-refractivity contribution in [3.63, 3.8) is 0 Å². The SMILES string of the molecule is O=C(NCC(=O)N1CCCCC1)c1nnc(Cl)s1. The minimum atomic E-state index is -0.412. The molecule has 0 spiro atoms. The molecule has 1 aromatic rings. The molecule has 0 atom stereocenters. The van der Waals surface area contributed by atoms with E-state index in [1.54, 1.807) is 4.90 Å². The van der Waals surface area contributed by atoms with Crippen molar-refractivity contribution < 1.29 is 9.59 Å².